The molecule has 0 radical (unpaired) electrons. The van der Waals surface area contributed by atoms with E-state index in [9.17, 15) is 4.79 Å². The van der Waals surface area contributed by atoms with E-state index in [4.69, 9.17) is 9.47 Å². The van der Waals surface area contributed by atoms with E-state index in [2.05, 4.69) is 10.6 Å². The summed E-state index contributed by atoms with van der Waals surface area (Å²) in [5.41, 5.74) is 0. The molecule has 19 heavy (non-hydrogen) atoms. The van der Waals surface area contributed by atoms with Gasteiger partial charge in [0.15, 0.2) is 5.79 Å². The Bertz CT molecular complexity index is 319. The monoisotopic (exact) mass is 268 g/mol. The molecule has 1 unspecified atom stereocenters. The van der Waals surface area contributed by atoms with E-state index in [0.717, 1.165) is 64.7 Å². The number of amides is 1. The zero-order valence-corrected chi connectivity index (χ0v) is 11.5. The van der Waals surface area contributed by atoms with Gasteiger partial charge < -0.3 is 20.1 Å². The number of carbonyl (C=O) groups excluding carboxylic acids is 1. The zero-order valence-electron chi connectivity index (χ0n) is 11.5. The van der Waals surface area contributed by atoms with Crippen LogP contribution in [0.15, 0.2) is 0 Å². The van der Waals surface area contributed by atoms with Crippen LogP contribution in [0.2, 0.25) is 0 Å². The van der Waals surface area contributed by atoms with E-state index < -0.39 is 0 Å². The third-order valence-corrected chi connectivity index (χ3v) is 4.53. The molecule has 2 saturated heterocycles. The van der Waals surface area contributed by atoms with E-state index in [1.807, 2.05) is 0 Å². The fraction of sp³-hybridized carbons (Fsp3) is 0.929. The highest BCUT2D eigenvalue weighted by molar-refractivity contribution is 5.81. The Hall–Kier alpha value is -0.650. The molecule has 1 atom stereocenters. The van der Waals surface area contributed by atoms with Crippen molar-refractivity contribution in [3.8, 4) is 0 Å². The number of nitrogens with one attached hydrogen (secondary N) is 2. The molecule has 0 aromatic rings. The van der Waals surface area contributed by atoms with Gasteiger partial charge in [0.2, 0.25) is 5.91 Å². The van der Waals surface area contributed by atoms with Crippen LogP contribution in [0.3, 0.4) is 0 Å². The summed E-state index contributed by atoms with van der Waals surface area (Å²) in [5.74, 6) is -0.129. The number of carbonyl (C=O) groups is 1. The first-order valence-electron chi connectivity index (χ1n) is 7.59. The van der Waals surface area contributed by atoms with Crippen molar-refractivity contribution in [2.24, 2.45) is 0 Å². The van der Waals surface area contributed by atoms with Crippen molar-refractivity contribution in [3.63, 3.8) is 0 Å². The third kappa shape index (κ3) is 3.09. The number of hydrogen-bond acceptors (Lipinski definition) is 4. The molecule has 0 aromatic heterocycles. The Morgan fingerprint density at radius 1 is 1.11 bits per heavy atom. The van der Waals surface area contributed by atoms with Crippen LogP contribution in [0, 0.1) is 0 Å². The van der Waals surface area contributed by atoms with Gasteiger partial charge in [-0.05, 0) is 32.1 Å². The minimum atomic E-state index is -0.302. The highest BCUT2D eigenvalue weighted by Gasteiger charge is 2.40. The standard InChI is InChI=1S/C14H24N2O3/c17-13-12(3-1-2-8-15-13)16-11-4-6-14(7-5-11)18-9-10-19-14/h11-12,16H,1-10H2,(H,15,17). The second-order valence-corrected chi connectivity index (χ2v) is 5.89. The molecule has 2 N–H and O–H groups in total. The van der Waals surface area contributed by atoms with Crippen LogP contribution in [0.1, 0.15) is 44.9 Å². The van der Waals surface area contributed by atoms with Gasteiger partial charge in [-0.3, -0.25) is 4.79 Å². The topological polar surface area (TPSA) is 59.6 Å². The van der Waals surface area contributed by atoms with E-state index >= 15 is 0 Å². The molecule has 3 rings (SSSR count). The molecule has 108 valence electrons. The summed E-state index contributed by atoms with van der Waals surface area (Å²) >= 11 is 0. The fourth-order valence-electron chi connectivity index (χ4n) is 3.39. The van der Waals surface area contributed by atoms with Gasteiger partial charge in [0.25, 0.3) is 0 Å². The molecule has 1 aliphatic carbocycles. The van der Waals surface area contributed by atoms with E-state index in [1.165, 1.54) is 0 Å². The van der Waals surface area contributed by atoms with Gasteiger partial charge in [0.05, 0.1) is 19.3 Å². The Morgan fingerprint density at radius 2 is 1.84 bits per heavy atom. The molecule has 0 aromatic carbocycles. The number of rotatable bonds is 2. The molecule has 2 heterocycles. The van der Waals surface area contributed by atoms with Crippen LogP contribution in [-0.4, -0.2) is 43.5 Å². The highest BCUT2D eigenvalue weighted by atomic mass is 16.7. The average molecular weight is 268 g/mol. The summed E-state index contributed by atoms with van der Waals surface area (Å²) in [6.07, 6.45) is 7.13. The maximum atomic E-state index is 11.9. The van der Waals surface area contributed by atoms with Crippen molar-refractivity contribution < 1.29 is 14.3 Å². The van der Waals surface area contributed by atoms with Gasteiger partial charge in [-0.25, -0.2) is 0 Å². The van der Waals surface area contributed by atoms with Crippen molar-refractivity contribution in [2.45, 2.75) is 62.8 Å². The summed E-state index contributed by atoms with van der Waals surface area (Å²) in [6.45, 7) is 2.28. The minimum absolute atomic E-state index is 0.00744. The minimum Gasteiger partial charge on any atom is -0.355 e. The van der Waals surface area contributed by atoms with Gasteiger partial charge in [0.1, 0.15) is 0 Å². The first-order valence-corrected chi connectivity index (χ1v) is 7.59. The zero-order chi connectivity index (χ0) is 13.1. The molecule has 3 aliphatic rings. The smallest absolute Gasteiger partial charge is 0.237 e. The van der Waals surface area contributed by atoms with E-state index in [0.29, 0.717) is 6.04 Å². The Morgan fingerprint density at radius 3 is 2.58 bits per heavy atom. The van der Waals surface area contributed by atoms with Crippen LogP contribution in [0.25, 0.3) is 0 Å². The number of hydrogen-bond donors (Lipinski definition) is 2. The van der Waals surface area contributed by atoms with Gasteiger partial charge in [0, 0.05) is 25.4 Å². The Kier molecular flexibility index (Phi) is 4.05. The van der Waals surface area contributed by atoms with Crippen molar-refractivity contribution in [1.29, 1.82) is 0 Å². The quantitative estimate of drug-likeness (QED) is 0.782. The molecule has 1 saturated carbocycles. The summed E-state index contributed by atoms with van der Waals surface area (Å²) in [6, 6.07) is 0.416. The molecule has 1 spiro atoms. The first-order chi connectivity index (χ1) is 9.27. The predicted octanol–water partition coefficient (Wildman–Crippen LogP) is 0.930. The van der Waals surface area contributed by atoms with Crippen LogP contribution >= 0.6 is 0 Å². The van der Waals surface area contributed by atoms with Crippen molar-refractivity contribution >= 4 is 5.91 Å². The second-order valence-electron chi connectivity index (χ2n) is 5.89. The summed E-state index contributed by atoms with van der Waals surface area (Å²) < 4.78 is 11.5. The molecular weight excluding hydrogens is 244 g/mol. The van der Waals surface area contributed by atoms with E-state index in [1.54, 1.807) is 0 Å². The van der Waals surface area contributed by atoms with Crippen molar-refractivity contribution in [3.05, 3.63) is 0 Å². The summed E-state index contributed by atoms with van der Waals surface area (Å²) in [5, 5.41) is 6.51. The molecular formula is C14H24N2O3. The lowest BCUT2D eigenvalue weighted by molar-refractivity contribution is -0.179. The maximum absolute atomic E-state index is 11.9. The molecule has 5 heteroatoms. The predicted molar refractivity (Wildman–Crippen MR) is 70.7 cm³/mol. The molecule has 3 fully saturated rings. The molecule has 0 bridgehead atoms. The lowest BCUT2D eigenvalue weighted by Crippen LogP contribution is -2.50. The van der Waals surface area contributed by atoms with Gasteiger partial charge in [-0.1, -0.05) is 0 Å². The van der Waals surface area contributed by atoms with Crippen LogP contribution in [0.5, 0.6) is 0 Å². The van der Waals surface area contributed by atoms with Crippen LogP contribution in [0.4, 0.5) is 0 Å². The van der Waals surface area contributed by atoms with Gasteiger partial charge >= 0.3 is 0 Å². The highest BCUT2D eigenvalue weighted by Crippen LogP contribution is 2.35. The van der Waals surface area contributed by atoms with Crippen LogP contribution in [-0.2, 0) is 14.3 Å². The van der Waals surface area contributed by atoms with Crippen LogP contribution < -0.4 is 10.6 Å². The lowest BCUT2D eigenvalue weighted by Gasteiger charge is -2.36. The average Bonchev–Trinajstić information content (AvgIpc) is 2.78. The first kappa shape index (κ1) is 13.3. The van der Waals surface area contributed by atoms with E-state index in [-0.39, 0.29) is 17.7 Å². The van der Waals surface area contributed by atoms with Gasteiger partial charge in [-0.2, -0.15) is 0 Å². The second kappa shape index (κ2) is 5.77. The molecule has 2 aliphatic heterocycles. The number of ether oxygens (including phenoxy) is 2. The molecule has 5 nitrogen and oxygen atoms in total. The Labute approximate surface area is 114 Å². The molecule has 1 amide bonds. The van der Waals surface area contributed by atoms with Crippen molar-refractivity contribution in [1.82, 2.24) is 10.6 Å². The lowest BCUT2D eigenvalue weighted by atomic mass is 9.89. The normalized spacial score (nSPS) is 32.2. The largest absolute Gasteiger partial charge is 0.355 e. The summed E-state index contributed by atoms with van der Waals surface area (Å²) in [4.78, 5) is 11.9. The Balaban J connectivity index is 1.49. The SMILES string of the molecule is O=C1NCCCCC1NC1CCC2(CC1)OCCO2. The fourth-order valence-corrected chi connectivity index (χ4v) is 3.39. The van der Waals surface area contributed by atoms with Crippen molar-refractivity contribution in [2.75, 3.05) is 19.8 Å². The third-order valence-electron chi connectivity index (χ3n) is 4.53. The maximum Gasteiger partial charge on any atom is 0.237 e. The van der Waals surface area contributed by atoms with Gasteiger partial charge in [-0.15, -0.1) is 0 Å². The summed E-state index contributed by atoms with van der Waals surface area (Å²) in [7, 11) is 0.